The lowest BCUT2D eigenvalue weighted by molar-refractivity contribution is 0.726. The summed E-state index contributed by atoms with van der Waals surface area (Å²) >= 11 is 0. The minimum atomic E-state index is 0.971. The molecule has 0 bridgehead atoms. The molecule has 2 rings (SSSR count). The number of nitrogens with one attached hydrogen (secondary N) is 1. The number of para-hydroxylation sites is 1. The van der Waals surface area contributed by atoms with E-state index >= 15 is 0 Å². The third-order valence-corrected chi connectivity index (χ3v) is 3.07. The van der Waals surface area contributed by atoms with Crippen LogP contribution in [-0.2, 0) is 19.9 Å². The molecule has 1 aromatic carbocycles. The van der Waals surface area contributed by atoms with Gasteiger partial charge in [0.25, 0.3) is 0 Å². The van der Waals surface area contributed by atoms with E-state index in [0.717, 1.165) is 25.2 Å². The van der Waals surface area contributed by atoms with Gasteiger partial charge in [0.05, 0.1) is 11.0 Å². The molecule has 0 atom stereocenters. The van der Waals surface area contributed by atoms with Crippen LogP contribution < -0.4 is 5.32 Å². The Hall–Kier alpha value is -1.35. The number of imidazole rings is 1. The third-order valence-electron chi connectivity index (χ3n) is 3.07. The van der Waals surface area contributed by atoms with Crippen molar-refractivity contribution in [2.75, 3.05) is 13.6 Å². The first-order chi connectivity index (χ1) is 7.77. The van der Waals surface area contributed by atoms with Gasteiger partial charge in [0.1, 0.15) is 5.82 Å². The van der Waals surface area contributed by atoms with Crippen molar-refractivity contribution in [3.63, 3.8) is 0 Å². The van der Waals surface area contributed by atoms with Gasteiger partial charge in [-0.25, -0.2) is 4.98 Å². The van der Waals surface area contributed by atoms with Crippen molar-refractivity contribution in [3.8, 4) is 0 Å². The fourth-order valence-electron chi connectivity index (χ4n) is 2.07. The number of aromatic nitrogens is 2. The lowest BCUT2D eigenvalue weighted by atomic mass is 10.1. The van der Waals surface area contributed by atoms with Gasteiger partial charge in [0.2, 0.25) is 0 Å². The predicted octanol–water partition coefficient (Wildman–Crippen LogP) is 1.90. The zero-order chi connectivity index (χ0) is 11.5. The normalized spacial score (nSPS) is 11.2. The van der Waals surface area contributed by atoms with E-state index in [1.807, 2.05) is 7.05 Å². The van der Waals surface area contributed by atoms with E-state index in [9.17, 15) is 0 Å². The van der Waals surface area contributed by atoms with Gasteiger partial charge in [0.15, 0.2) is 0 Å². The molecule has 0 fully saturated rings. The van der Waals surface area contributed by atoms with Gasteiger partial charge >= 0.3 is 0 Å². The van der Waals surface area contributed by atoms with E-state index < -0.39 is 0 Å². The summed E-state index contributed by atoms with van der Waals surface area (Å²) in [7, 11) is 4.07. The van der Waals surface area contributed by atoms with Crippen LogP contribution >= 0.6 is 0 Å². The molecule has 1 heterocycles. The SMILES string of the molecule is CCc1cccc2c1nc(CCNC)n2C. The van der Waals surface area contributed by atoms with Gasteiger partial charge in [-0.15, -0.1) is 0 Å². The van der Waals surface area contributed by atoms with E-state index in [-0.39, 0.29) is 0 Å². The maximum Gasteiger partial charge on any atom is 0.110 e. The van der Waals surface area contributed by atoms with E-state index in [1.165, 1.54) is 16.6 Å². The number of nitrogens with zero attached hydrogens (tertiary/aromatic N) is 2. The molecular weight excluding hydrogens is 198 g/mol. The van der Waals surface area contributed by atoms with Crippen molar-refractivity contribution in [3.05, 3.63) is 29.6 Å². The second kappa shape index (κ2) is 4.66. The maximum absolute atomic E-state index is 4.74. The molecule has 3 heteroatoms. The summed E-state index contributed by atoms with van der Waals surface area (Å²) in [5, 5.41) is 3.16. The lowest BCUT2D eigenvalue weighted by Gasteiger charge is -2.01. The average molecular weight is 217 g/mol. The molecule has 0 aliphatic rings. The Balaban J connectivity index is 2.49. The van der Waals surface area contributed by atoms with Crippen LogP contribution in [0.2, 0.25) is 0 Å². The van der Waals surface area contributed by atoms with Crippen LogP contribution in [0.4, 0.5) is 0 Å². The Kier molecular flexibility index (Phi) is 3.25. The van der Waals surface area contributed by atoms with Gasteiger partial charge in [-0.05, 0) is 25.1 Å². The molecule has 16 heavy (non-hydrogen) atoms. The molecule has 0 unspecified atom stereocenters. The summed E-state index contributed by atoms with van der Waals surface area (Å²) in [5.74, 6) is 1.16. The molecule has 86 valence electrons. The number of fused-ring (bicyclic) bond motifs is 1. The molecule has 0 spiro atoms. The molecule has 0 aliphatic heterocycles. The maximum atomic E-state index is 4.74. The third kappa shape index (κ3) is 1.83. The highest BCUT2D eigenvalue weighted by Gasteiger charge is 2.09. The van der Waals surface area contributed by atoms with E-state index in [0.29, 0.717) is 0 Å². The number of aryl methyl sites for hydroxylation is 2. The van der Waals surface area contributed by atoms with Crippen LogP contribution in [0.5, 0.6) is 0 Å². The highest BCUT2D eigenvalue weighted by atomic mass is 15.1. The van der Waals surface area contributed by atoms with Gasteiger partial charge in [0, 0.05) is 20.0 Å². The highest BCUT2D eigenvalue weighted by molar-refractivity contribution is 5.79. The van der Waals surface area contributed by atoms with Gasteiger partial charge in [-0.3, -0.25) is 0 Å². The lowest BCUT2D eigenvalue weighted by Crippen LogP contribution is -2.12. The molecule has 0 aliphatic carbocycles. The van der Waals surface area contributed by atoms with Crippen LogP contribution in [0.15, 0.2) is 18.2 Å². The summed E-state index contributed by atoms with van der Waals surface area (Å²) in [5.41, 5.74) is 3.74. The van der Waals surface area contributed by atoms with Crippen molar-refractivity contribution >= 4 is 11.0 Å². The van der Waals surface area contributed by atoms with Gasteiger partial charge < -0.3 is 9.88 Å². The molecule has 0 saturated carbocycles. The molecule has 0 amide bonds. The first-order valence-corrected chi connectivity index (χ1v) is 5.85. The van der Waals surface area contributed by atoms with Crippen LogP contribution in [0.1, 0.15) is 18.3 Å². The number of rotatable bonds is 4. The Morgan fingerprint density at radius 2 is 2.19 bits per heavy atom. The second-order valence-corrected chi connectivity index (χ2v) is 4.08. The highest BCUT2D eigenvalue weighted by Crippen LogP contribution is 2.19. The van der Waals surface area contributed by atoms with Crippen LogP contribution in [-0.4, -0.2) is 23.1 Å². The number of benzene rings is 1. The van der Waals surface area contributed by atoms with Crippen LogP contribution in [0.3, 0.4) is 0 Å². The standard InChI is InChI=1S/C13H19N3/c1-4-10-6-5-7-11-13(10)15-12(16(11)3)8-9-14-2/h5-7,14H,4,8-9H2,1-3H3. The van der Waals surface area contributed by atoms with Crippen molar-refractivity contribution in [2.45, 2.75) is 19.8 Å². The zero-order valence-electron chi connectivity index (χ0n) is 10.2. The second-order valence-electron chi connectivity index (χ2n) is 4.08. The fraction of sp³-hybridized carbons (Fsp3) is 0.462. The Morgan fingerprint density at radius 3 is 2.88 bits per heavy atom. The molecule has 3 nitrogen and oxygen atoms in total. The summed E-state index contributed by atoms with van der Waals surface area (Å²) in [6.07, 6.45) is 2.02. The monoisotopic (exact) mass is 217 g/mol. The summed E-state index contributed by atoms with van der Waals surface area (Å²) in [6, 6.07) is 6.42. The van der Waals surface area contributed by atoms with Crippen molar-refractivity contribution in [2.24, 2.45) is 7.05 Å². The summed E-state index contributed by atoms with van der Waals surface area (Å²) in [6.45, 7) is 3.15. The smallest absolute Gasteiger partial charge is 0.110 e. The van der Waals surface area contributed by atoms with E-state index in [4.69, 9.17) is 4.98 Å². The van der Waals surface area contributed by atoms with Gasteiger partial charge in [-0.1, -0.05) is 19.1 Å². The van der Waals surface area contributed by atoms with Crippen LogP contribution in [0.25, 0.3) is 11.0 Å². The van der Waals surface area contributed by atoms with Crippen molar-refractivity contribution in [1.29, 1.82) is 0 Å². The molecule has 2 aromatic rings. The minimum absolute atomic E-state index is 0.971. The number of hydrogen-bond donors (Lipinski definition) is 1. The molecular formula is C13H19N3. The van der Waals surface area contributed by atoms with E-state index in [1.54, 1.807) is 0 Å². The molecule has 1 N–H and O–H groups in total. The predicted molar refractivity (Wildman–Crippen MR) is 67.7 cm³/mol. The van der Waals surface area contributed by atoms with E-state index in [2.05, 4.69) is 42.1 Å². The fourth-order valence-corrected chi connectivity index (χ4v) is 2.07. The zero-order valence-corrected chi connectivity index (χ0v) is 10.2. The number of hydrogen-bond acceptors (Lipinski definition) is 2. The summed E-state index contributed by atoms with van der Waals surface area (Å²) < 4.78 is 2.20. The largest absolute Gasteiger partial charge is 0.331 e. The number of likely N-dealkylation sites (N-methyl/N-ethyl adjacent to an activating group) is 1. The van der Waals surface area contributed by atoms with Crippen molar-refractivity contribution in [1.82, 2.24) is 14.9 Å². The Bertz CT molecular complexity index is 485. The average Bonchev–Trinajstić information content (AvgIpc) is 2.64. The minimum Gasteiger partial charge on any atom is -0.331 e. The topological polar surface area (TPSA) is 29.9 Å². The quantitative estimate of drug-likeness (QED) is 0.847. The Morgan fingerprint density at radius 1 is 1.38 bits per heavy atom. The molecule has 1 aromatic heterocycles. The molecule has 0 saturated heterocycles. The van der Waals surface area contributed by atoms with Gasteiger partial charge in [-0.2, -0.15) is 0 Å². The van der Waals surface area contributed by atoms with Crippen LogP contribution in [0, 0.1) is 0 Å². The Labute approximate surface area is 96.5 Å². The molecule has 0 radical (unpaired) electrons. The first kappa shape index (κ1) is 11.1. The summed E-state index contributed by atoms with van der Waals surface area (Å²) in [4.78, 5) is 4.74. The first-order valence-electron chi connectivity index (χ1n) is 5.85. The van der Waals surface area contributed by atoms with Crippen molar-refractivity contribution < 1.29 is 0 Å².